The van der Waals surface area contributed by atoms with Crippen LogP contribution < -0.4 is 15.8 Å². The minimum absolute atomic E-state index is 0.357. The van der Waals surface area contributed by atoms with E-state index < -0.39 is 11.8 Å². The molecule has 1 aliphatic rings. The third kappa shape index (κ3) is 5.57. The van der Waals surface area contributed by atoms with Crippen LogP contribution in [0.5, 0.6) is 5.75 Å². The molecule has 2 aromatic carbocycles. The van der Waals surface area contributed by atoms with Gasteiger partial charge in [-0.15, -0.1) is 0 Å². The molecule has 6 nitrogen and oxygen atoms in total. The zero-order valence-corrected chi connectivity index (χ0v) is 16.0. The molecule has 1 saturated heterocycles. The molecule has 2 aromatic rings. The summed E-state index contributed by atoms with van der Waals surface area (Å²) in [5, 5.41) is 2.84. The maximum Gasteiger partial charge on any atom is 0.237 e. The molecule has 0 bridgehead atoms. The van der Waals surface area contributed by atoms with Crippen molar-refractivity contribution in [2.45, 2.75) is 25.4 Å². The van der Waals surface area contributed by atoms with Gasteiger partial charge in [0, 0.05) is 13.1 Å². The van der Waals surface area contributed by atoms with Gasteiger partial charge in [-0.2, -0.15) is 0 Å². The van der Waals surface area contributed by atoms with Crippen molar-refractivity contribution in [2.75, 3.05) is 26.2 Å². The normalized spacial score (nSPS) is 15.1. The molecule has 3 N–H and O–H groups in total. The van der Waals surface area contributed by atoms with Gasteiger partial charge in [-0.25, -0.2) is 0 Å². The number of ether oxygens (including phenoxy) is 1. The van der Waals surface area contributed by atoms with Gasteiger partial charge in [-0.1, -0.05) is 42.5 Å². The van der Waals surface area contributed by atoms with Crippen molar-refractivity contribution < 1.29 is 14.3 Å². The Hall–Kier alpha value is -2.86. The lowest BCUT2D eigenvalue weighted by Crippen LogP contribution is -2.40. The average Bonchev–Trinajstić information content (AvgIpc) is 3.21. The fourth-order valence-corrected chi connectivity index (χ4v) is 3.39. The van der Waals surface area contributed by atoms with Gasteiger partial charge >= 0.3 is 0 Å². The third-order valence-corrected chi connectivity index (χ3v) is 4.93. The molecule has 28 heavy (non-hydrogen) atoms. The van der Waals surface area contributed by atoms with E-state index in [0.29, 0.717) is 24.5 Å². The van der Waals surface area contributed by atoms with Gasteiger partial charge in [-0.05, 0) is 49.2 Å². The molecular formula is C22H27N3O3. The highest BCUT2D eigenvalue weighted by Crippen LogP contribution is 2.21. The highest BCUT2D eigenvalue weighted by molar-refractivity contribution is 6.05. The number of likely N-dealkylation sites (tertiary alicyclic amines) is 1. The molecule has 1 fully saturated rings. The summed E-state index contributed by atoms with van der Waals surface area (Å²) in [6.45, 7) is 3.90. The van der Waals surface area contributed by atoms with Crippen LogP contribution in [0.2, 0.25) is 0 Å². The maximum absolute atomic E-state index is 12.5. The number of carbonyl (C=O) groups is 2. The number of nitrogens with zero attached hydrogens (tertiary/aromatic N) is 1. The molecule has 1 unspecified atom stereocenters. The molecular weight excluding hydrogens is 354 g/mol. The lowest BCUT2D eigenvalue weighted by atomic mass is 9.97. The summed E-state index contributed by atoms with van der Waals surface area (Å²) in [4.78, 5) is 26.7. The summed E-state index contributed by atoms with van der Waals surface area (Å²) < 4.78 is 5.75. The van der Waals surface area contributed by atoms with Gasteiger partial charge in [0.1, 0.15) is 18.3 Å². The quantitative estimate of drug-likeness (QED) is 0.651. The van der Waals surface area contributed by atoms with Crippen molar-refractivity contribution in [3.8, 4) is 5.75 Å². The lowest BCUT2D eigenvalue weighted by molar-refractivity contribution is -0.129. The summed E-state index contributed by atoms with van der Waals surface area (Å²) in [6, 6.07) is 16.8. The second kappa shape index (κ2) is 9.90. The molecule has 1 atom stereocenters. The first-order chi connectivity index (χ1) is 13.6. The van der Waals surface area contributed by atoms with E-state index >= 15 is 0 Å². The standard InChI is InChI=1S/C22H27N3O3/c23-21(26)20(22(27)24-12-15-25-13-4-5-14-25)18-8-10-19(11-9-18)28-16-17-6-2-1-3-7-17/h1-3,6-11,20H,4-5,12-16H2,(H2,23,26)(H,24,27). The first-order valence-electron chi connectivity index (χ1n) is 9.69. The molecule has 1 aliphatic heterocycles. The highest BCUT2D eigenvalue weighted by atomic mass is 16.5. The smallest absolute Gasteiger partial charge is 0.237 e. The summed E-state index contributed by atoms with van der Waals surface area (Å²) in [6.07, 6.45) is 2.41. The van der Waals surface area contributed by atoms with Gasteiger partial charge in [-0.3, -0.25) is 9.59 Å². The average molecular weight is 381 g/mol. The molecule has 0 radical (unpaired) electrons. The number of carbonyl (C=O) groups excluding carboxylic acids is 2. The Bertz CT molecular complexity index is 771. The van der Waals surface area contributed by atoms with E-state index in [4.69, 9.17) is 10.5 Å². The number of hydrogen-bond acceptors (Lipinski definition) is 4. The van der Waals surface area contributed by atoms with Crippen molar-refractivity contribution in [3.05, 3.63) is 65.7 Å². The van der Waals surface area contributed by atoms with E-state index in [-0.39, 0.29) is 5.91 Å². The fraction of sp³-hybridized carbons (Fsp3) is 0.364. The number of amides is 2. The van der Waals surface area contributed by atoms with Crippen LogP contribution in [0.25, 0.3) is 0 Å². The largest absolute Gasteiger partial charge is 0.489 e. The first-order valence-corrected chi connectivity index (χ1v) is 9.69. The van der Waals surface area contributed by atoms with Crippen LogP contribution in [0.3, 0.4) is 0 Å². The Kier molecular flexibility index (Phi) is 7.03. The van der Waals surface area contributed by atoms with Crippen LogP contribution >= 0.6 is 0 Å². The molecule has 148 valence electrons. The lowest BCUT2D eigenvalue weighted by Gasteiger charge is -2.18. The van der Waals surface area contributed by atoms with Crippen LogP contribution in [0.1, 0.15) is 29.9 Å². The van der Waals surface area contributed by atoms with Crippen molar-refractivity contribution >= 4 is 11.8 Å². The predicted octanol–water partition coefficient (Wildman–Crippen LogP) is 2.05. The summed E-state index contributed by atoms with van der Waals surface area (Å²) in [7, 11) is 0. The van der Waals surface area contributed by atoms with Crippen molar-refractivity contribution in [2.24, 2.45) is 5.73 Å². The monoisotopic (exact) mass is 381 g/mol. The molecule has 2 amide bonds. The topological polar surface area (TPSA) is 84.7 Å². The number of rotatable bonds is 9. The Morgan fingerprint density at radius 2 is 1.71 bits per heavy atom. The number of nitrogens with one attached hydrogen (secondary N) is 1. The minimum Gasteiger partial charge on any atom is -0.489 e. The minimum atomic E-state index is -0.998. The highest BCUT2D eigenvalue weighted by Gasteiger charge is 2.26. The summed E-state index contributed by atoms with van der Waals surface area (Å²) in [5.41, 5.74) is 7.13. The number of primary amides is 1. The van der Waals surface area contributed by atoms with Gasteiger partial charge < -0.3 is 20.7 Å². The summed E-state index contributed by atoms with van der Waals surface area (Å²) >= 11 is 0. The van der Waals surface area contributed by atoms with Crippen molar-refractivity contribution in [1.82, 2.24) is 10.2 Å². The maximum atomic E-state index is 12.5. The third-order valence-electron chi connectivity index (χ3n) is 4.93. The van der Waals surface area contributed by atoms with Crippen LogP contribution in [0.15, 0.2) is 54.6 Å². The van der Waals surface area contributed by atoms with Crippen LogP contribution in [-0.4, -0.2) is 42.9 Å². The van der Waals surface area contributed by atoms with Crippen molar-refractivity contribution in [3.63, 3.8) is 0 Å². The van der Waals surface area contributed by atoms with Gasteiger partial charge in [0.15, 0.2) is 0 Å². The van der Waals surface area contributed by atoms with Crippen LogP contribution in [-0.2, 0) is 16.2 Å². The Morgan fingerprint density at radius 1 is 1.04 bits per heavy atom. The molecule has 0 saturated carbocycles. The van der Waals surface area contributed by atoms with E-state index in [0.717, 1.165) is 25.2 Å². The van der Waals surface area contributed by atoms with Crippen LogP contribution in [0.4, 0.5) is 0 Å². The zero-order chi connectivity index (χ0) is 19.8. The fourth-order valence-electron chi connectivity index (χ4n) is 3.39. The first kappa shape index (κ1) is 19.9. The zero-order valence-electron chi connectivity index (χ0n) is 16.0. The van der Waals surface area contributed by atoms with E-state index in [1.165, 1.54) is 12.8 Å². The van der Waals surface area contributed by atoms with E-state index in [9.17, 15) is 9.59 Å². The number of nitrogens with two attached hydrogens (primary N) is 1. The van der Waals surface area contributed by atoms with Gasteiger partial charge in [0.25, 0.3) is 0 Å². The van der Waals surface area contributed by atoms with Gasteiger partial charge in [0.2, 0.25) is 11.8 Å². The number of benzene rings is 2. The molecule has 0 aliphatic carbocycles. The molecule has 1 heterocycles. The predicted molar refractivity (Wildman–Crippen MR) is 108 cm³/mol. The molecule has 0 aromatic heterocycles. The second-order valence-electron chi connectivity index (χ2n) is 7.02. The van der Waals surface area contributed by atoms with E-state index in [1.54, 1.807) is 24.3 Å². The Labute approximate surface area is 165 Å². The van der Waals surface area contributed by atoms with E-state index in [2.05, 4.69) is 10.2 Å². The second-order valence-corrected chi connectivity index (χ2v) is 7.02. The van der Waals surface area contributed by atoms with Crippen LogP contribution in [0, 0.1) is 0 Å². The molecule has 6 heteroatoms. The Balaban J connectivity index is 1.55. The Morgan fingerprint density at radius 3 is 2.36 bits per heavy atom. The van der Waals surface area contributed by atoms with E-state index in [1.807, 2.05) is 30.3 Å². The molecule has 0 spiro atoms. The summed E-state index contributed by atoms with van der Waals surface area (Å²) in [5.74, 6) is -1.34. The number of hydrogen-bond donors (Lipinski definition) is 2. The molecule has 3 rings (SSSR count). The van der Waals surface area contributed by atoms with Gasteiger partial charge in [0.05, 0.1) is 0 Å². The van der Waals surface area contributed by atoms with Crippen molar-refractivity contribution in [1.29, 1.82) is 0 Å². The SMILES string of the molecule is NC(=O)C(C(=O)NCCN1CCCC1)c1ccc(OCc2ccccc2)cc1.